The smallest absolute Gasteiger partial charge is 0.266 e. The predicted octanol–water partition coefficient (Wildman–Crippen LogP) is 6.03. The van der Waals surface area contributed by atoms with Gasteiger partial charge >= 0.3 is 0 Å². The number of fused-ring (bicyclic) bond motifs is 5. The third-order valence-electron chi connectivity index (χ3n) is 10.0. The Morgan fingerprint density at radius 1 is 1.00 bits per heavy atom. The van der Waals surface area contributed by atoms with Crippen LogP contribution in [0.25, 0.3) is 0 Å². The minimum Gasteiger partial charge on any atom is -0.489 e. The highest BCUT2D eigenvalue weighted by Gasteiger charge is 2.60. The fraction of sp³-hybridized carbons (Fsp3) is 0.800. The van der Waals surface area contributed by atoms with Gasteiger partial charge in [0.2, 0.25) is 0 Å². The van der Waals surface area contributed by atoms with Gasteiger partial charge in [0, 0.05) is 11.6 Å². The van der Waals surface area contributed by atoms with Gasteiger partial charge in [-0.2, -0.15) is 0 Å². The second-order valence-electron chi connectivity index (χ2n) is 11.1. The Labute approximate surface area is 181 Å². The molecule has 4 aliphatic rings. The van der Waals surface area contributed by atoms with Crippen molar-refractivity contribution in [2.45, 2.75) is 91.1 Å². The highest BCUT2D eigenvalue weighted by atomic mass is 32.1. The van der Waals surface area contributed by atoms with Gasteiger partial charge in [-0.05, 0) is 93.4 Å². The molecule has 0 N–H and O–H groups in total. The summed E-state index contributed by atoms with van der Waals surface area (Å²) in [5.41, 5.74) is 1.45. The van der Waals surface area contributed by atoms with Gasteiger partial charge < -0.3 is 4.74 Å². The molecule has 3 nitrogen and oxygen atoms in total. The number of aromatic nitrogens is 1. The van der Waals surface area contributed by atoms with E-state index in [4.69, 9.17) is 4.74 Å². The summed E-state index contributed by atoms with van der Waals surface area (Å²) in [5, 5.41) is 0. The summed E-state index contributed by atoms with van der Waals surface area (Å²) in [4.78, 5) is 12.3. The first-order valence-corrected chi connectivity index (χ1v) is 12.3. The largest absolute Gasteiger partial charge is 0.489 e. The molecule has 0 aliphatic heterocycles. The third kappa shape index (κ3) is 2.95. The number of ether oxygens (including phenoxy) is 1. The zero-order valence-corrected chi connectivity index (χ0v) is 19.2. The average Bonchev–Trinajstić information content (AvgIpc) is 3.04. The first-order chi connectivity index (χ1) is 13.8. The van der Waals surface area contributed by atoms with Gasteiger partial charge in [0.25, 0.3) is 5.56 Å². The van der Waals surface area contributed by atoms with Crippen LogP contribution in [0.15, 0.2) is 17.1 Å². The van der Waals surface area contributed by atoms with Crippen molar-refractivity contribution in [1.82, 2.24) is 3.97 Å². The minimum absolute atomic E-state index is 0.0715. The summed E-state index contributed by atoms with van der Waals surface area (Å²) in [5.74, 6) is 4.33. The number of hydrogen-bond donors (Lipinski definition) is 1. The Bertz CT molecular complexity index is 850. The van der Waals surface area contributed by atoms with Gasteiger partial charge in [0.1, 0.15) is 11.9 Å². The summed E-state index contributed by atoms with van der Waals surface area (Å²) < 4.78 is 7.92. The molecule has 1 aromatic rings. The molecule has 0 aromatic carbocycles. The van der Waals surface area contributed by atoms with Crippen LogP contribution < -0.4 is 10.3 Å². The van der Waals surface area contributed by atoms with Crippen molar-refractivity contribution in [2.24, 2.45) is 34.5 Å². The van der Waals surface area contributed by atoms with Crippen LogP contribution in [0.3, 0.4) is 0 Å². The van der Waals surface area contributed by atoms with E-state index in [0.717, 1.165) is 35.8 Å². The maximum Gasteiger partial charge on any atom is 0.266 e. The van der Waals surface area contributed by atoms with Gasteiger partial charge in [-0.3, -0.25) is 8.77 Å². The van der Waals surface area contributed by atoms with Crippen molar-refractivity contribution in [1.29, 1.82) is 0 Å². The minimum atomic E-state index is -0.0715. The lowest BCUT2D eigenvalue weighted by Crippen LogP contribution is -2.53. The zero-order chi connectivity index (χ0) is 20.4. The molecule has 4 saturated carbocycles. The molecule has 0 amide bonds. The number of rotatable bonds is 2. The molecular formula is C25H37NO2S. The standard InChI is InChI=1S/C25H37NO2S/c1-16-21(12-15-26(29)23(16)27)28-22-10-9-19-18-8-7-17-6-4-5-13-24(17,2)20(18)11-14-25(19,22)3/h12,15,17-20,22,29H,4-11,13-14H2,1-3H3/t17?,18-,19-,20+,22?,24-,25-/m0/s1. The molecular weight excluding hydrogens is 378 g/mol. The summed E-state index contributed by atoms with van der Waals surface area (Å²) in [6.07, 6.45) is 15.8. The topological polar surface area (TPSA) is 31.2 Å². The highest BCUT2D eigenvalue weighted by molar-refractivity contribution is 7.78. The Morgan fingerprint density at radius 2 is 1.79 bits per heavy atom. The van der Waals surface area contributed by atoms with E-state index in [1.807, 2.05) is 13.0 Å². The molecule has 4 heteroatoms. The lowest BCUT2D eigenvalue weighted by Gasteiger charge is -2.60. The van der Waals surface area contributed by atoms with Crippen molar-refractivity contribution in [3.63, 3.8) is 0 Å². The van der Waals surface area contributed by atoms with Crippen molar-refractivity contribution >= 4 is 12.8 Å². The van der Waals surface area contributed by atoms with Crippen LogP contribution >= 0.6 is 12.8 Å². The molecule has 2 unspecified atom stereocenters. The Kier molecular flexibility index (Phi) is 4.88. The van der Waals surface area contributed by atoms with E-state index in [1.165, 1.54) is 61.8 Å². The fourth-order valence-electron chi connectivity index (χ4n) is 8.33. The second kappa shape index (κ2) is 7.07. The van der Waals surface area contributed by atoms with E-state index in [9.17, 15) is 4.79 Å². The van der Waals surface area contributed by atoms with E-state index in [1.54, 1.807) is 6.20 Å². The number of pyridine rings is 1. The van der Waals surface area contributed by atoms with Crippen LogP contribution in [-0.2, 0) is 0 Å². The quantitative estimate of drug-likeness (QED) is 0.598. The average molecular weight is 416 g/mol. The molecule has 1 heterocycles. The number of hydrogen-bond acceptors (Lipinski definition) is 3. The first kappa shape index (κ1) is 20.0. The van der Waals surface area contributed by atoms with Crippen LogP contribution in [0.5, 0.6) is 5.75 Å². The lowest BCUT2D eigenvalue weighted by atomic mass is 9.45. The normalized spacial score (nSPS) is 43.9. The van der Waals surface area contributed by atoms with Crippen LogP contribution in [0.2, 0.25) is 0 Å². The Hall–Kier alpha value is -0.900. The third-order valence-corrected chi connectivity index (χ3v) is 10.3. The summed E-state index contributed by atoms with van der Waals surface area (Å²) in [6, 6.07) is 1.92. The van der Waals surface area contributed by atoms with E-state index in [0.29, 0.717) is 11.0 Å². The monoisotopic (exact) mass is 415 g/mol. The molecule has 0 bridgehead atoms. The molecule has 4 fully saturated rings. The molecule has 0 radical (unpaired) electrons. The van der Waals surface area contributed by atoms with Crippen molar-refractivity contribution in [3.8, 4) is 5.75 Å². The van der Waals surface area contributed by atoms with Gasteiger partial charge in [0.15, 0.2) is 0 Å². The molecule has 1 aromatic heterocycles. The van der Waals surface area contributed by atoms with Gasteiger partial charge in [-0.1, -0.05) is 39.5 Å². The van der Waals surface area contributed by atoms with Crippen LogP contribution in [-0.4, -0.2) is 10.1 Å². The molecule has 7 atom stereocenters. The Balaban J connectivity index is 1.39. The van der Waals surface area contributed by atoms with Crippen LogP contribution in [0.4, 0.5) is 0 Å². The molecule has 0 saturated heterocycles. The highest BCUT2D eigenvalue weighted by Crippen LogP contribution is 2.66. The van der Waals surface area contributed by atoms with E-state index in [2.05, 4.69) is 26.7 Å². The maximum atomic E-state index is 12.3. The Morgan fingerprint density at radius 3 is 2.62 bits per heavy atom. The zero-order valence-electron chi connectivity index (χ0n) is 18.3. The van der Waals surface area contributed by atoms with Gasteiger partial charge in [0.05, 0.1) is 5.56 Å². The summed E-state index contributed by atoms with van der Waals surface area (Å²) in [6.45, 7) is 7.01. The number of nitrogens with zero attached hydrogens (tertiary/aromatic N) is 1. The van der Waals surface area contributed by atoms with E-state index < -0.39 is 0 Å². The van der Waals surface area contributed by atoms with Crippen molar-refractivity contribution in [2.75, 3.05) is 0 Å². The first-order valence-electron chi connectivity index (χ1n) is 11.9. The van der Waals surface area contributed by atoms with Gasteiger partial charge in [-0.25, -0.2) is 0 Å². The van der Waals surface area contributed by atoms with Crippen LogP contribution in [0.1, 0.15) is 83.6 Å². The van der Waals surface area contributed by atoms with E-state index in [-0.39, 0.29) is 17.1 Å². The van der Waals surface area contributed by atoms with Gasteiger partial charge in [-0.15, -0.1) is 0 Å². The summed E-state index contributed by atoms with van der Waals surface area (Å²) >= 11 is 4.20. The number of thiol groups is 1. The summed E-state index contributed by atoms with van der Waals surface area (Å²) in [7, 11) is 0. The fourth-order valence-corrected chi connectivity index (χ4v) is 8.55. The van der Waals surface area contributed by atoms with Crippen molar-refractivity contribution in [3.05, 3.63) is 28.2 Å². The van der Waals surface area contributed by atoms with Crippen LogP contribution in [0, 0.1) is 41.4 Å². The van der Waals surface area contributed by atoms with E-state index >= 15 is 0 Å². The predicted molar refractivity (Wildman–Crippen MR) is 121 cm³/mol. The lowest BCUT2D eigenvalue weighted by molar-refractivity contribution is -0.117. The molecule has 29 heavy (non-hydrogen) atoms. The molecule has 160 valence electrons. The van der Waals surface area contributed by atoms with Crippen molar-refractivity contribution < 1.29 is 4.74 Å². The maximum absolute atomic E-state index is 12.3. The molecule has 4 aliphatic carbocycles. The molecule has 0 spiro atoms. The SMILES string of the molecule is Cc1c(OC2CC[C@H]3[C@@H]4CCC5CCCC[C@]5(C)[C@@H]4CC[C@]23C)ccn(S)c1=O. The molecule has 5 rings (SSSR count). The second-order valence-corrected chi connectivity index (χ2v) is 11.5.